The predicted molar refractivity (Wildman–Crippen MR) is 111 cm³/mol. The van der Waals surface area contributed by atoms with E-state index in [9.17, 15) is 9.59 Å². The number of carbonyl (C=O) groups excluding carboxylic acids is 2. The number of hydrogen-bond acceptors (Lipinski definition) is 8. The van der Waals surface area contributed by atoms with Crippen molar-refractivity contribution in [2.75, 3.05) is 20.3 Å². The summed E-state index contributed by atoms with van der Waals surface area (Å²) in [5.74, 6) is 0.527. The largest absolute Gasteiger partial charge is 0.493 e. The minimum absolute atomic E-state index is 0.0567. The Morgan fingerprint density at radius 2 is 2.10 bits per heavy atom. The highest BCUT2D eigenvalue weighted by Gasteiger charge is 2.24. The van der Waals surface area contributed by atoms with Crippen LogP contribution in [0.1, 0.15) is 25.7 Å². The third-order valence-electron chi connectivity index (χ3n) is 4.98. The van der Waals surface area contributed by atoms with E-state index in [-0.39, 0.29) is 34.9 Å². The van der Waals surface area contributed by atoms with Gasteiger partial charge in [0.05, 0.1) is 35.9 Å². The van der Waals surface area contributed by atoms with Gasteiger partial charge in [-0.3, -0.25) is 9.59 Å². The van der Waals surface area contributed by atoms with Crippen molar-refractivity contribution in [1.29, 1.82) is 0 Å². The summed E-state index contributed by atoms with van der Waals surface area (Å²) in [5.41, 5.74) is 0.658. The predicted octanol–water partition coefficient (Wildman–Crippen LogP) is 3.32. The third kappa shape index (κ3) is 4.34. The van der Waals surface area contributed by atoms with Gasteiger partial charge in [0.1, 0.15) is 12.9 Å². The number of halogens is 1. The van der Waals surface area contributed by atoms with Crippen molar-refractivity contribution in [2.45, 2.75) is 31.8 Å². The summed E-state index contributed by atoms with van der Waals surface area (Å²) in [6, 6.07) is 3.46. The van der Waals surface area contributed by atoms with Crippen LogP contribution in [-0.4, -0.2) is 53.7 Å². The molecule has 1 aromatic carbocycles. The van der Waals surface area contributed by atoms with E-state index in [1.165, 1.54) is 13.4 Å². The molecule has 1 aromatic heterocycles. The van der Waals surface area contributed by atoms with Gasteiger partial charge in [-0.25, -0.2) is 15.0 Å². The van der Waals surface area contributed by atoms with Crippen LogP contribution >= 0.6 is 11.6 Å². The first-order valence-corrected chi connectivity index (χ1v) is 10.0. The lowest BCUT2D eigenvalue weighted by Crippen LogP contribution is -2.25. The van der Waals surface area contributed by atoms with E-state index >= 15 is 0 Å². The highest BCUT2D eigenvalue weighted by atomic mass is 35.5. The van der Waals surface area contributed by atoms with Crippen molar-refractivity contribution >= 4 is 45.6 Å². The topological polar surface area (TPSA) is 100.0 Å². The van der Waals surface area contributed by atoms with E-state index in [1.807, 2.05) is 0 Å². The first-order valence-electron chi connectivity index (χ1n) is 9.64. The van der Waals surface area contributed by atoms with Crippen molar-refractivity contribution < 1.29 is 23.8 Å². The standard InChI is InChI=1S/C21H20ClN3O5/c1-28-19-6-13-15(9-20(19)30-10-12-4-2-3-5-29-12)23-11-24-21(13)25-16-8-17(26)14(22)7-18(16)27/h6-7,9,11-12H,2-5,8,10H2,1H3. The second kappa shape index (κ2) is 8.89. The summed E-state index contributed by atoms with van der Waals surface area (Å²) in [7, 11) is 1.54. The molecule has 1 aliphatic heterocycles. The number of aromatic nitrogens is 2. The Morgan fingerprint density at radius 1 is 1.23 bits per heavy atom. The number of methoxy groups -OCH3 is 1. The molecular formula is C21H20ClN3O5. The molecule has 1 fully saturated rings. The number of aliphatic imine (C=N–C) groups is 1. The maximum atomic E-state index is 12.2. The molecule has 1 saturated heterocycles. The molecule has 8 nitrogen and oxygen atoms in total. The van der Waals surface area contributed by atoms with Gasteiger partial charge in [-0.1, -0.05) is 11.6 Å². The van der Waals surface area contributed by atoms with Crippen molar-refractivity contribution in [2.24, 2.45) is 4.99 Å². The van der Waals surface area contributed by atoms with Gasteiger partial charge in [0.15, 0.2) is 23.1 Å². The molecule has 2 aromatic rings. The van der Waals surface area contributed by atoms with Crippen LogP contribution in [0.25, 0.3) is 10.9 Å². The summed E-state index contributed by atoms with van der Waals surface area (Å²) in [6.07, 6.45) is 5.48. The zero-order valence-corrected chi connectivity index (χ0v) is 17.1. The van der Waals surface area contributed by atoms with Gasteiger partial charge < -0.3 is 14.2 Å². The fourth-order valence-corrected chi connectivity index (χ4v) is 3.52. The molecule has 9 heteroatoms. The number of hydrogen-bond donors (Lipinski definition) is 0. The van der Waals surface area contributed by atoms with Gasteiger partial charge in [0.2, 0.25) is 5.78 Å². The monoisotopic (exact) mass is 429 g/mol. The number of carbonyl (C=O) groups is 2. The van der Waals surface area contributed by atoms with Crippen LogP contribution in [0.3, 0.4) is 0 Å². The maximum Gasteiger partial charge on any atom is 0.202 e. The zero-order chi connectivity index (χ0) is 21.1. The molecule has 1 atom stereocenters. The molecule has 0 spiro atoms. The Labute approximate surface area is 177 Å². The summed E-state index contributed by atoms with van der Waals surface area (Å²) >= 11 is 5.74. The molecule has 1 unspecified atom stereocenters. The molecule has 0 bridgehead atoms. The Kier molecular flexibility index (Phi) is 6.06. The van der Waals surface area contributed by atoms with Crippen LogP contribution in [-0.2, 0) is 14.3 Å². The van der Waals surface area contributed by atoms with Gasteiger partial charge in [-0.15, -0.1) is 0 Å². The summed E-state index contributed by atoms with van der Waals surface area (Å²) < 4.78 is 17.1. The SMILES string of the molecule is COc1cc2c(N=C3CC(=O)C(Cl)=CC3=O)ncnc2cc1OCC1CCCCO1. The molecule has 4 rings (SSSR count). The van der Waals surface area contributed by atoms with Crippen LogP contribution in [0, 0.1) is 0 Å². The van der Waals surface area contributed by atoms with Crippen molar-refractivity contribution in [1.82, 2.24) is 9.97 Å². The molecule has 2 aliphatic rings. The molecule has 2 heterocycles. The van der Waals surface area contributed by atoms with Gasteiger partial charge in [0.25, 0.3) is 0 Å². The molecule has 1 aliphatic carbocycles. The molecule has 156 valence electrons. The fraction of sp³-hybridized carbons (Fsp3) is 0.381. The second-order valence-electron chi connectivity index (χ2n) is 7.03. The molecule has 30 heavy (non-hydrogen) atoms. The van der Waals surface area contributed by atoms with Crippen LogP contribution in [0.15, 0.2) is 34.6 Å². The zero-order valence-electron chi connectivity index (χ0n) is 16.4. The number of rotatable bonds is 5. The summed E-state index contributed by atoms with van der Waals surface area (Å²) in [6.45, 7) is 1.17. The normalized spacial score (nSPS) is 21.1. The van der Waals surface area contributed by atoms with Gasteiger partial charge in [0, 0.05) is 24.1 Å². The first-order chi connectivity index (χ1) is 14.5. The van der Waals surface area contributed by atoms with Gasteiger partial charge in [-0.05, 0) is 25.3 Å². The highest BCUT2D eigenvalue weighted by molar-refractivity contribution is 6.57. The minimum atomic E-state index is -0.411. The number of allylic oxidation sites excluding steroid dienone is 2. The Balaban J connectivity index is 1.65. The number of ketones is 2. The van der Waals surface area contributed by atoms with E-state index < -0.39 is 5.78 Å². The van der Waals surface area contributed by atoms with E-state index in [2.05, 4.69) is 15.0 Å². The first kappa shape index (κ1) is 20.4. The smallest absolute Gasteiger partial charge is 0.202 e. The van der Waals surface area contributed by atoms with E-state index in [4.69, 9.17) is 25.8 Å². The Bertz CT molecular complexity index is 1060. The fourth-order valence-electron chi connectivity index (χ4n) is 3.36. The van der Waals surface area contributed by atoms with Crippen LogP contribution in [0.4, 0.5) is 5.82 Å². The van der Waals surface area contributed by atoms with E-state index in [0.717, 1.165) is 31.9 Å². The Hall–Kier alpha value is -2.84. The van der Waals surface area contributed by atoms with Gasteiger partial charge in [-0.2, -0.15) is 0 Å². The van der Waals surface area contributed by atoms with Crippen molar-refractivity contribution in [3.8, 4) is 11.5 Å². The number of ether oxygens (including phenoxy) is 3. The molecule has 0 amide bonds. The second-order valence-corrected chi connectivity index (χ2v) is 7.44. The molecule has 0 N–H and O–H groups in total. The number of Topliss-reactive ketones (excluding diaryl/α,β-unsaturated/α-hetero) is 1. The lowest BCUT2D eigenvalue weighted by molar-refractivity contribution is -0.116. The number of benzene rings is 1. The Morgan fingerprint density at radius 3 is 2.87 bits per heavy atom. The molecule has 0 radical (unpaired) electrons. The maximum absolute atomic E-state index is 12.2. The van der Waals surface area contributed by atoms with Crippen molar-refractivity contribution in [3.63, 3.8) is 0 Å². The van der Waals surface area contributed by atoms with Crippen LogP contribution in [0.2, 0.25) is 0 Å². The minimum Gasteiger partial charge on any atom is -0.493 e. The lowest BCUT2D eigenvalue weighted by Gasteiger charge is -2.23. The quantitative estimate of drug-likeness (QED) is 0.718. The molecular weight excluding hydrogens is 410 g/mol. The number of nitrogens with zero attached hydrogens (tertiary/aromatic N) is 3. The summed E-state index contributed by atoms with van der Waals surface area (Å²) in [5, 5.41) is 0.487. The molecule has 0 saturated carbocycles. The average Bonchev–Trinajstić information content (AvgIpc) is 2.76. The van der Waals surface area contributed by atoms with E-state index in [0.29, 0.717) is 29.0 Å². The van der Waals surface area contributed by atoms with Crippen LogP contribution < -0.4 is 9.47 Å². The number of fused-ring (bicyclic) bond motifs is 1. The van der Waals surface area contributed by atoms with Crippen LogP contribution in [0.5, 0.6) is 11.5 Å². The third-order valence-corrected chi connectivity index (χ3v) is 5.30. The van der Waals surface area contributed by atoms with E-state index in [1.54, 1.807) is 12.1 Å². The lowest BCUT2D eigenvalue weighted by atomic mass is 10.0. The summed E-state index contributed by atoms with van der Waals surface area (Å²) in [4.78, 5) is 36.8. The highest BCUT2D eigenvalue weighted by Crippen LogP contribution is 2.35. The van der Waals surface area contributed by atoms with Gasteiger partial charge >= 0.3 is 0 Å². The average molecular weight is 430 g/mol. The van der Waals surface area contributed by atoms with Crippen molar-refractivity contribution in [3.05, 3.63) is 29.6 Å².